The first kappa shape index (κ1) is 15.9. The van der Waals surface area contributed by atoms with Crippen LogP contribution in [0, 0.1) is 12.3 Å². The first-order chi connectivity index (χ1) is 11.7. The molecule has 2 aromatic rings. The highest BCUT2D eigenvalue weighted by Crippen LogP contribution is 2.36. The van der Waals surface area contributed by atoms with E-state index in [4.69, 9.17) is 6.42 Å². The predicted molar refractivity (Wildman–Crippen MR) is 89.0 cm³/mol. The number of carbonyl (C=O) groups is 1. The first-order valence-corrected chi connectivity index (χ1v) is 7.76. The van der Waals surface area contributed by atoms with Gasteiger partial charge in [0.2, 0.25) is 0 Å². The van der Waals surface area contributed by atoms with Crippen LogP contribution in [0.15, 0.2) is 40.6 Å². The molecule has 3 rings (SSSR count). The van der Waals surface area contributed by atoms with Crippen LogP contribution < -0.4 is 5.32 Å². The number of aryl methyl sites for hydroxylation is 1. The zero-order valence-electron chi connectivity index (χ0n) is 13.4. The molecule has 0 radical (unpaired) electrons. The lowest BCUT2D eigenvalue weighted by Crippen LogP contribution is -2.30. The van der Waals surface area contributed by atoms with Crippen molar-refractivity contribution in [2.24, 2.45) is 17.3 Å². The minimum atomic E-state index is -0.396. The van der Waals surface area contributed by atoms with Crippen LogP contribution in [-0.4, -0.2) is 33.1 Å². The van der Waals surface area contributed by atoms with Gasteiger partial charge in [-0.05, 0) is 0 Å². The van der Waals surface area contributed by atoms with Crippen LogP contribution >= 0.6 is 0 Å². The standard InChI is InChI=1S/C17H18N6O/c1-3-4-10-17(20-21-17)11-12-18-16(24)15-14(19-22-23(15)2)13-8-6-5-7-9-13/h1,5-9H,4,10-12H2,2H3,(H,18,24). The van der Waals surface area contributed by atoms with Crippen LogP contribution in [0.5, 0.6) is 0 Å². The summed E-state index contributed by atoms with van der Waals surface area (Å²) in [7, 11) is 1.70. The molecule has 1 amide bonds. The van der Waals surface area contributed by atoms with Gasteiger partial charge in [-0.1, -0.05) is 35.5 Å². The van der Waals surface area contributed by atoms with E-state index >= 15 is 0 Å². The summed E-state index contributed by atoms with van der Waals surface area (Å²) in [4.78, 5) is 12.5. The summed E-state index contributed by atoms with van der Waals surface area (Å²) in [6, 6.07) is 9.51. The highest BCUT2D eigenvalue weighted by Gasteiger charge is 2.38. The summed E-state index contributed by atoms with van der Waals surface area (Å²) >= 11 is 0. The van der Waals surface area contributed by atoms with Crippen molar-refractivity contribution in [2.45, 2.75) is 24.9 Å². The SMILES string of the molecule is C#CCCC1(CCNC(=O)c2c(-c3ccccc3)nnn2C)N=N1. The molecular weight excluding hydrogens is 304 g/mol. The van der Waals surface area contributed by atoms with Gasteiger partial charge < -0.3 is 5.32 Å². The Balaban J connectivity index is 1.64. The third-order valence-electron chi connectivity index (χ3n) is 3.95. The third-order valence-corrected chi connectivity index (χ3v) is 3.95. The molecule has 0 spiro atoms. The van der Waals surface area contributed by atoms with E-state index in [1.165, 1.54) is 4.68 Å². The number of nitrogens with one attached hydrogen (secondary N) is 1. The van der Waals surface area contributed by atoms with Crippen LogP contribution in [0.4, 0.5) is 0 Å². The zero-order chi connectivity index (χ0) is 17.0. The second-order valence-corrected chi connectivity index (χ2v) is 5.67. The lowest BCUT2D eigenvalue weighted by molar-refractivity contribution is 0.0943. The number of carbonyl (C=O) groups excluding carboxylic acids is 1. The van der Waals surface area contributed by atoms with Gasteiger partial charge in [-0.2, -0.15) is 10.2 Å². The molecule has 0 saturated heterocycles. The normalized spacial score (nSPS) is 14.2. The maximum atomic E-state index is 12.5. The molecule has 1 N–H and O–H groups in total. The summed E-state index contributed by atoms with van der Waals surface area (Å²) < 4.78 is 1.48. The van der Waals surface area contributed by atoms with Crippen molar-refractivity contribution in [1.82, 2.24) is 20.3 Å². The molecule has 7 heteroatoms. The number of amides is 1. The second kappa shape index (κ2) is 6.62. The van der Waals surface area contributed by atoms with E-state index in [-0.39, 0.29) is 5.91 Å². The minimum Gasteiger partial charge on any atom is -0.350 e. The number of nitrogens with zero attached hydrogens (tertiary/aromatic N) is 5. The topological polar surface area (TPSA) is 84.5 Å². The van der Waals surface area contributed by atoms with Gasteiger partial charge in [0.1, 0.15) is 5.69 Å². The summed E-state index contributed by atoms with van der Waals surface area (Å²) in [5, 5.41) is 19.1. The lowest BCUT2D eigenvalue weighted by Gasteiger charge is -2.10. The Bertz CT molecular complexity index is 796. The van der Waals surface area contributed by atoms with Gasteiger partial charge in [0.15, 0.2) is 11.4 Å². The van der Waals surface area contributed by atoms with E-state index in [1.807, 2.05) is 30.3 Å². The van der Waals surface area contributed by atoms with E-state index in [0.29, 0.717) is 30.8 Å². The van der Waals surface area contributed by atoms with Crippen LogP contribution in [0.3, 0.4) is 0 Å². The van der Waals surface area contributed by atoms with Crippen LogP contribution in [0.2, 0.25) is 0 Å². The van der Waals surface area contributed by atoms with E-state index < -0.39 is 5.66 Å². The summed E-state index contributed by atoms with van der Waals surface area (Å²) in [6.07, 6.45) is 7.27. The molecular formula is C17H18N6O. The number of benzene rings is 1. The van der Waals surface area contributed by atoms with Crippen molar-refractivity contribution in [3.63, 3.8) is 0 Å². The quantitative estimate of drug-likeness (QED) is 0.793. The fraction of sp³-hybridized carbons (Fsp3) is 0.353. The first-order valence-electron chi connectivity index (χ1n) is 7.76. The molecule has 7 nitrogen and oxygen atoms in total. The van der Waals surface area contributed by atoms with Crippen molar-refractivity contribution in [3.05, 3.63) is 36.0 Å². The van der Waals surface area contributed by atoms with Crippen LogP contribution in [0.25, 0.3) is 11.3 Å². The zero-order valence-corrected chi connectivity index (χ0v) is 13.4. The smallest absolute Gasteiger partial charge is 0.271 e. The Labute approximate surface area is 140 Å². The Hall–Kier alpha value is -3.01. The fourth-order valence-corrected chi connectivity index (χ4v) is 2.53. The Morgan fingerprint density at radius 3 is 2.71 bits per heavy atom. The van der Waals surface area contributed by atoms with Crippen molar-refractivity contribution in [1.29, 1.82) is 0 Å². The predicted octanol–water partition coefficient (Wildman–Crippen LogP) is 2.18. The van der Waals surface area contributed by atoms with E-state index in [9.17, 15) is 4.79 Å². The molecule has 1 aromatic heterocycles. The summed E-state index contributed by atoms with van der Waals surface area (Å²) in [5.41, 5.74) is 1.46. The fourth-order valence-electron chi connectivity index (χ4n) is 2.53. The van der Waals surface area contributed by atoms with Gasteiger partial charge in [0.25, 0.3) is 5.91 Å². The van der Waals surface area contributed by atoms with E-state index in [0.717, 1.165) is 12.0 Å². The molecule has 0 atom stereocenters. The molecule has 1 aliphatic rings. The molecule has 1 aromatic carbocycles. The minimum absolute atomic E-state index is 0.214. The van der Waals surface area contributed by atoms with Crippen LogP contribution in [-0.2, 0) is 7.05 Å². The van der Waals surface area contributed by atoms with Gasteiger partial charge >= 0.3 is 0 Å². The van der Waals surface area contributed by atoms with E-state index in [2.05, 4.69) is 31.8 Å². The molecule has 0 unspecified atom stereocenters. The molecule has 0 fully saturated rings. The summed E-state index contributed by atoms with van der Waals surface area (Å²) in [5.74, 6) is 2.38. The molecule has 24 heavy (non-hydrogen) atoms. The number of hydrogen-bond acceptors (Lipinski definition) is 5. The Kier molecular flexibility index (Phi) is 4.38. The molecule has 0 bridgehead atoms. The summed E-state index contributed by atoms with van der Waals surface area (Å²) in [6.45, 7) is 0.468. The number of rotatable bonds is 7. The number of aromatic nitrogens is 3. The molecule has 1 aliphatic heterocycles. The number of hydrogen-bond donors (Lipinski definition) is 1. The van der Waals surface area contributed by atoms with Crippen molar-refractivity contribution < 1.29 is 4.79 Å². The van der Waals surface area contributed by atoms with Crippen molar-refractivity contribution in [2.75, 3.05) is 6.54 Å². The average molecular weight is 322 g/mol. The van der Waals surface area contributed by atoms with Gasteiger partial charge in [-0.25, -0.2) is 4.68 Å². The molecule has 122 valence electrons. The number of terminal acetylenes is 1. The van der Waals surface area contributed by atoms with Gasteiger partial charge in [-0.3, -0.25) is 4.79 Å². The molecule has 0 saturated carbocycles. The highest BCUT2D eigenvalue weighted by atomic mass is 16.2. The second-order valence-electron chi connectivity index (χ2n) is 5.67. The lowest BCUT2D eigenvalue weighted by atomic mass is 10.0. The Morgan fingerprint density at radius 1 is 1.29 bits per heavy atom. The Morgan fingerprint density at radius 2 is 2.04 bits per heavy atom. The monoisotopic (exact) mass is 322 g/mol. The van der Waals surface area contributed by atoms with E-state index in [1.54, 1.807) is 7.05 Å². The van der Waals surface area contributed by atoms with Crippen molar-refractivity contribution in [3.8, 4) is 23.6 Å². The van der Waals surface area contributed by atoms with Gasteiger partial charge in [0, 0.05) is 38.4 Å². The molecule has 0 aliphatic carbocycles. The average Bonchev–Trinajstić information content (AvgIpc) is 3.26. The van der Waals surface area contributed by atoms with Crippen LogP contribution in [0.1, 0.15) is 29.8 Å². The van der Waals surface area contributed by atoms with Gasteiger partial charge in [-0.15, -0.1) is 17.4 Å². The maximum Gasteiger partial charge on any atom is 0.271 e. The molecule has 2 heterocycles. The van der Waals surface area contributed by atoms with Gasteiger partial charge in [0.05, 0.1) is 0 Å². The highest BCUT2D eigenvalue weighted by molar-refractivity contribution is 5.98. The maximum absolute atomic E-state index is 12.5. The third kappa shape index (κ3) is 3.33. The van der Waals surface area contributed by atoms with Crippen molar-refractivity contribution >= 4 is 5.91 Å². The largest absolute Gasteiger partial charge is 0.350 e.